The van der Waals surface area contributed by atoms with E-state index in [-0.39, 0.29) is 11.9 Å². The standard InChI is InChI=1S/C15H21BrN2O.C4H4O4/c1-18(2)14-6-4-3-5-13(14)17-15(19)11-7-9-12(16)10-8-11;5-3(6)1-2-4(7)8/h7-10,13-14H,3-6H2,1-2H3,(H,17,19);1-2H,(H,5,6)(H,7,8)/t13-,14-;/m0./s1. The van der Waals surface area contributed by atoms with Crippen LogP contribution in [-0.4, -0.2) is 59.1 Å². The van der Waals surface area contributed by atoms with Crippen LogP contribution in [-0.2, 0) is 9.59 Å². The van der Waals surface area contributed by atoms with Gasteiger partial charge in [-0.05, 0) is 51.2 Å². The molecule has 8 heteroatoms. The van der Waals surface area contributed by atoms with Crippen molar-refractivity contribution in [1.29, 1.82) is 0 Å². The van der Waals surface area contributed by atoms with Crippen LogP contribution >= 0.6 is 15.9 Å². The Balaban J connectivity index is 0.000000387. The summed E-state index contributed by atoms with van der Waals surface area (Å²) < 4.78 is 0.993. The first-order valence-electron chi connectivity index (χ1n) is 8.57. The molecule has 2 atom stereocenters. The van der Waals surface area contributed by atoms with Gasteiger partial charge in [0.25, 0.3) is 5.91 Å². The summed E-state index contributed by atoms with van der Waals surface area (Å²) >= 11 is 3.38. The maximum Gasteiger partial charge on any atom is 0.328 e. The molecule has 1 amide bonds. The highest BCUT2D eigenvalue weighted by Crippen LogP contribution is 2.22. The van der Waals surface area contributed by atoms with Crippen molar-refractivity contribution in [3.63, 3.8) is 0 Å². The predicted octanol–water partition coefficient (Wildman–Crippen LogP) is 2.76. The lowest BCUT2D eigenvalue weighted by atomic mass is 9.89. The number of benzene rings is 1. The van der Waals surface area contributed by atoms with Gasteiger partial charge in [-0.15, -0.1) is 0 Å². The number of aliphatic carboxylic acids is 2. The van der Waals surface area contributed by atoms with Crippen LogP contribution in [0.2, 0.25) is 0 Å². The second kappa shape index (κ2) is 11.5. The number of hydrogen-bond donors (Lipinski definition) is 3. The average Bonchev–Trinajstić information content (AvgIpc) is 2.61. The summed E-state index contributed by atoms with van der Waals surface area (Å²) in [6, 6.07) is 8.23. The van der Waals surface area contributed by atoms with Crippen LogP contribution in [0.15, 0.2) is 40.9 Å². The van der Waals surface area contributed by atoms with E-state index in [1.807, 2.05) is 24.3 Å². The third-order valence-electron chi connectivity index (χ3n) is 4.18. The highest BCUT2D eigenvalue weighted by atomic mass is 79.9. The fourth-order valence-corrected chi connectivity index (χ4v) is 3.16. The minimum absolute atomic E-state index is 0.0336. The number of amides is 1. The van der Waals surface area contributed by atoms with Crippen LogP contribution in [0.5, 0.6) is 0 Å². The molecule has 0 radical (unpaired) electrons. The molecule has 2 rings (SSSR count). The van der Waals surface area contributed by atoms with E-state index in [2.05, 4.69) is 40.2 Å². The first-order valence-corrected chi connectivity index (χ1v) is 9.36. The van der Waals surface area contributed by atoms with Crippen molar-refractivity contribution in [2.24, 2.45) is 0 Å². The molecule has 1 aromatic carbocycles. The number of rotatable bonds is 5. The van der Waals surface area contributed by atoms with E-state index < -0.39 is 11.9 Å². The molecule has 1 aliphatic rings. The normalized spacial score (nSPS) is 19.3. The summed E-state index contributed by atoms with van der Waals surface area (Å²) in [5.74, 6) is -2.48. The van der Waals surface area contributed by atoms with Crippen LogP contribution in [0.3, 0.4) is 0 Å². The van der Waals surface area contributed by atoms with Gasteiger partial charge in [0, 0.05) is 34.3 Å². The Kier molecular flexibility index (Phi) is 9.74. The second-order valence-electron chi connectivity index (χ2n) is 6.41. The Hall–Kier alpha value is -2.19. The summed E-state index contributed by atoms with van der Waals surface area (Å²) in [7, 11) is 4.18. The molecule has 3 N–H and O–H groups in total. The van der Waals surface area contributed by atoms with Crippen molar-refractivity contribution in [3.05, 3.63) is 46.5 Å². The average molecular weight is 441 g/mol. The summed E-state index contributed by atoms with van der Waals surface area (Å²) in [6.07, 6.45) is 5.82. The fourth-order valence-electron chi connectivity index (χ4n) is 2.89. The number of likely N-dealkylation sites (N-methyl/N-ethyl adjacent to an activating group) is 1. The van der Waals surface area contributed by atoms with Gasteiger partial charge in [-0.1, -0.05) is 28.8 Å². The number of carboxylic acid groups (broad SMARTS) is 2. The molecule has 0 saturated heterocycles. The van der Waals surface area contributed by atoms with Gasteiger partial charge < -0.3 is 20.4 Å². The quantitative estimate of drug-likeness (QED) is 0.607. The van der Waals surface area contributed by atoms with Crippen molar-refractivity contribution in [3.8, 4) is 0 Å². The molecule has 1 aliphatic carbocycles. The zero-order valence-electron chi connectivity index (χ0n) is 15.4. The van der Waals surface area contributed by atoms with Gasteiger partial charge in [-0.25, -0.2) is 9.59 Å². The molecule has 0 heterocycles. The number of halogens is 1. The first-order chi connectivity index (χ1) is 12.7. The van der Waals surface area contributed by atoms with Gasteiger partial charge in [0.1, 0.15) is 0 Å². The van der Waals surface area contributed by atoms with Crippen LogP contribution < -0.4 is 5.32 Å². The molecule has 27 heavy (non-hydrogen) atoms. The van der Waals surface area contributed by atoms with Gasteiger partial charge >= 0.3 is 11.9 Å². The Morgan fingerprint density at radius 1 is 1.04 bits per heavy atom. The predicted molar refractivity (Wildman–Crippen MR) is 106 cm³/mol. The van der Waals surface area contributed by atoms with Gasteiger partial charge in [0.2, 0.25) is 0 Å². The largest absolute Gasteiger partial charge is 0.478 e. The first kappa shape index (κ1) is 22.9. The van der Waals surface area contributed by atoms with E-state index in [0.717, 1.165) is 22.9 Å². The second-order valence-corrected chi connectivity index (χ2v) is 7.33. The van der Waals surface area contributed by atoms with Crippen LogP contribution in [0, 0.1) is 0 Å². The maximum absolute atomic E-state index is 12.2. The molecule has 1 fully saturated rings. The summed E-state index contributed by atoms with van der Waals surface area (Å²) in [5, 5.41) is 18.8. The lowest BCUT2D eigenvalue weighted by molar-refractivity contribution is -0.134. The van der Waals surface area contributed by atoms with E-state index >= 15 is 0 Å². The Bertz CT molecular complexity index is 657. The molecule has 148 valence electrons. The number of nitrogens with zero attached hydrogens (tertiary/aromatic N) is 1. The smallest absolute Gasteiger partial charge is 0.328 e. The molecular weight excluding hydrogens is 416 g/mol. The Labute approximate surface area is 167 Å². The van der Waals surface area contributed by atoms with Gasteiger partial charge in [0.15, 0.2) is 0 Å². The highest BCUT2D eigenvalue weighted by Gasteiger charge is 2.28. The molecule has 0 bridgehead atoms. The van der Waals surface area contributed by atoms with E-state index in [1.54, 1.807) is 0 Å². The zero-order valence-corrected chi connectivity index (χ0v) is 17.0. The molecule has 0 unspecified atom stereocenters. The Morgan fingerprint density at radius 3 is 2.04 bits per heavy atom. The Morgan fingerprint density at radius 2 is 1.56 bits per heavy atom. The van der Waals surface area contributed by atoms with Gasteiger partial charge in [0.05, 0.1) is 0 Å². The maximum atomic E-state index is 12.2. The minimum atomic E-state index is -1.26. The topological polar surface area (TPSA) is 107 Å². The van der Waals surface area contributed by atoms with Crippen molar-refractivity contribution in [2.45, 2.75) is 37.8 Å². The summed E-state index contributed by atoms with van der Waals surface area (Å²) in [5.41, 5.74) is 0.728. The van der Waals surface area contributed by atoms with Crippen molar-refractivity contribution in [1.82, 2.24) is 10.2 Å². The summed E-state index contributed by atoms with van der Waals surface area (Å²) in [6.45, 7) is 0. The molecule has 0 aromatic heterocycles. The van der Waals surface area contributed by atoms with Gasteiger partial charge in [-0.3, -0.25) is 4.79 Å². The number of carbonyl (C=O) groups is 3. The van der Waals surface area contributed by atoms with Gasteiger partial charge in [-0.2, -0.15) is 0 Å². The van der Waals surface area contributed by atoms with E-state index in [4.69, 9.17) is 10.2 Å². The fraction of sp³-hybridized carbons (Fsp3) is 0.421. The van der Waals surface area contributed by atoms with Crippen molar-refractivity contribution in [2.75, 3.05) is 14.1 Å². The third-order valence-corrected chi connectivity index (χ3v) is 4.71. The number of carboxylic acids is 2. The highest BCUT2D eigenvalue weighted by molar-refractivity contribution is 9.10. The van der Waals surface area contributed by atoms with Crippen molar-refractivity contribution < 1.29 is 24.6 Å². The molecule has 1 aromatic rings. The molecule has 1 saturated carbocycles. The third kappa shape index (κ3) is 8.83. The van der Waals surface area contributed by atoms with Crippen molar-refractivity contribution >= 4 is 33.8 Å². The lowest BCUT2D eigenvalue weighted by Gasteiger charge is -2.36. The molecule has 7 nitrogen and oxygen atoms in total. The zero-order chi connectivity index (χ0) is 20.4. The minimum Gasteiger partial charge on any atom is -0.478 e. The van der Waals surface area contributed by atoms with Crippen LogP contribution in [0.4, 0.5) is 0 Å². The number of hydrogen-bond acceptors (Lipinski definition) is 4. The SMILES string of the molecule is CN(C)[C@H]1CCCC[C@@H]1NC(=O)c1ccc(Br)cc1.O=C(O)C=CC(=O)O. The van der Waals surface area contributed by atoms with E-state index in [9.17, 15) is 14.4 Å². The number of carbonyl (C=O) groups excluding carboxylic acids is 1. The molecular formula is C19H25BrN2O5. The summed E-state index contributed by atoms with van der Waals surface area (Å²) in [4.78, 5) is 33.6. The van der Waals surface area contributed by atoms with Crippen LogP contribution in [0.1, 0.15) is 36.0 Å². The van der Waals surface area contributed by atoms with Crippen LogP contribution in [0.25, 0.3) is 0 Å². The van der Waals surface area contributed by atoms with E-state index in [1.165, 1.54) is 12.8 Å². The molecule has 0 aliphatic heterocycles. The van der Waals surface area contributed by atoms with E-state index in [0.29, 0.717) is 18.2 Å². The molecule has 0 spiro atoms. The number of nitrogens with one attached hydrogen (secondary N) is 1. The lowest BCUT2D eigenvalue weighted by Crippen LogP contribution is -2.51. The monoisotopic (exact) mass is 440 g/mol.